The Labute approximate surface area is 108 Å². The van der Waals surface area contributed by atoms with E-state index in [4.69, 9.17) is 9.47 Å². The topological polar surface area (TPSA) is 47.6 Å². The first kappa shape index (κ1) is 14.1. The zero-order valence-corrected chi connectivity index (χ0v) is 11.0. The molecule has 0 spiro atoms. The molecule has 1 aromatic rings. The third kappa shape index (κ3) is 4.13. The molecule has 0 aliphatic heterocycles. The minimum Gasteiger partial charge on any atom is -0.495 e. The number of methoxy groups -OCH3 is 1. The number of ether oxygens (including phenoxy) is 2. The van der Waals surface area contributed by atoms with Crippen LogP contribution in [0, 0.1) is 0 Å². The van der Waals surface area contributed by atoms with Gasteiger partial charge in [0.2, 0.25) is 0 Å². The van der Waals surface area contributed by atoms with E-state index < -0.39 is 0 Å². The van der Waals surface area contributed by atoms with E-state index in [9.17, 15) is 4.79 Å². The summed E-state index contributed by atoms with van der Waals surface area (Å²) < 4.78 is 10.1. The molecule has 18 heavy (non-hydrogen) atoms. The first-order chi connectivity index (χ1) is 8.71. The summed E-state index contributed by atoms with van der Waals surface area (Å²) in [6.45, 7) is 5.01. The van der Waals surface area contributed by atoms with Gasteiger partial charge < -0.3 is 14.8 Å². The van der Waals surface area contributed by atoms with Crippen LogP contribution < -0.4 is 10.1 Å². The third-order valence-electron chi connectivity index (χ3n) is 2.29. The van der Waals surface area contributed by atoms with Crippen molar-refractivity contribution in [2.75, 3.05) is 25.6 Å². The molecule has 1 aromatic carbocycles. The molecule has 4 heteroatoms. The van der Waals surface area contributed by atoms with Gasteiger partial charge in [-0.15, -0.1) is 0 Å². The molecule has 0 bridgehead atoms. The number of anilines is 1. The largest absolute Gasteiger partial charge is 0.495 e. The number of benzene rings is 1. The second-order valence-electron chi connectivity index (χ2n) is 3.58. The van der Waals surface area contributed by atoms with Gasteiger partial charge in [0.05, 0.1) is 19.4 Å². The Hall–Kier alpha value is -1.97. The number of carbonyl (C=O) groups is 1. The summed E-state index contributed by atoms with van der Waals surface area (Å²) >= 11 is 0. The van der Waals surface area contributed by atoms with Crippen LogP contribution in [0.2, 0.25) is 0 Å². The Morgan fingerprint density at radius 3 is 2.78 bits per heavy atom. The van der Waals surface area contributed by atoms with Crippen LogP contribution >= 0.6 is 0 Å². The monoisotopic (exact) mass is 249 g/mol. The highest BCUT2D eigenvalue weighted by Crippen LogP contribution is 2.25. The number of carbonyl (C=O) groups excluding carboxylic acids is 1. The summed E-state index contributed by atoms with van der Waals surface area (Å²) in [4.78, 5) is 11.2. The first-order valence-corrected chi connectivity index (χ1v) is 5.98. The molecule has 0 unspecified atom stereocenters. The van der Waals surface area contributed by atoms with Crippen molar-refractivity contribution in [3.05, 3.63) is 29.8 Å². The highest BCUT2D eigenvalue weighted by Gasteiger charge is 2.02. The number of hydrogen-bond acceptors (Lipinski definition) is 4. The van der Waals surface area contributed by atoms with Crippen molar-refractivity contribution in [3.8, 4) is 5.75 Å². The number of hydrogen-bond donors (Lipinski definition) is 1. The van der Waals surface area contributed by atoms with Gasteiger partial charge >= 0.3 is 5.97 Å². The lowest BCUT2D eigenvalue weighted by Crippen LogP contribution is -2.00. The van der Waals surface area contributed by atoms with Gasteiger partial charge in [0.15, 0.2) is 0 Å². The molecule has 0 aromatic heterocycles. The quantitative estimate of drug-likeness (QED) is 0.622. The summed E-state index contributed by atoms with van der Waals surface area (Å²) in [6.07, 6.45) is 3.11. The lowest BCUT2D eigenvalue weighted by molar-refractivity contribution is -0.137. The lowest BCUT2D eigenvalue weighted by Gasteiger charge is -2.10. The van der Waals surface area contributed by atoms with Crippen LogP contribution in [0.15, 0.2) is 24.3 Å². The second-order valence-corrected chi connectivity index (χ2v) is 3.58. The van der Waals surface area contributed by atoms with Crippen molar-refractivity contribution < 1.29 is 14.3 Å². The first-order valence-electron chi connectivity index (χ1n) is 5.98. The molecule has 0 amide bonds. The number of rotatable bonds is 6. The maximum atomic E-state index is 11.2. The van der Waals surface area contributed by atoms with E-state index in [-0.39, 0.29) is 5.97 Å². The zero-order valence-electron chi connectivity index (χ0n) is 11.0. The van der Waals surface area contributed by atoms with Gasteiger partial charge in [-0.3, -0.25) is 0 Å². The van der Waals surface area contributed by atoms with E-state index in [1.807, 2.05) is 25.1 Å². The van der Waals surface area contributed by atoms with Crippen molar-refractivity contribution >= 4 is 17.7 Å². The van der Waals surface area contributed by atoms with Crippen molar-refractivity contribution in [2.45, 2.75) is 13.8 Å². The summed E-state index contributed by atoms with van der Waals surface area (Å²) in [5, 5.41) is 3.20. The number of esters is 1. The van der Waals surface area contributed by atoms with Gasteiger partial charge in [-0.25, -0.2) is 4.79 Å². The highest BCUT2D eigenvalue weighted by atomic mass is 16.5. The van der Waals surface area contributed by atoms with Gasteiger partial charge in [-0.2, -0.15) is 0 Å². The molecule has 0 aliphatic rings. The standard InChI is InChI=1S/C14H19NO3/c1-4-15-12-8-6-11(10-13(12)17-3)7-9-14(16)18-5-2/h6-10,15H,4-5H2,1-3H3. The third-order valence-corrected chi connectivity index (χ3v) is 2.29. The lowest BCUT2D eigenvalue weighted by atomic mass is 10.1. The summed E-state index contributed by atoms with van der Waals surface area (Å²) in [5.41, 5.74) is 1.83. The smallest absolute Gasteiger partial charge is 0.330 e. The molecule has 0 saturated carbocycles. The Balaban J connectivity index is 2.82. The summed E-state index contributed by atoms with van der Waals surface area (Å²) in [7, 11) is 1.62. The molecule has 0 heterocycles. The molecule has 0 aliphatic carbocycles. The van der Waals surface area contributed by atoms with E-state index in [2.05, 4.69) is 5.32 Å². The Bertz CT molecular complexity index is 427. The van der Waals surface area contributed by atoms with E-state index in [1.54, 1.807) is 20.1 Å². The molecular weight excluding hydrogens is 230 g/mol. The minimum atomic E-state index is -0.341. The fraction of sp³-hybridized carbons (Fsp3) is 0.357. The average molecular weight is 249 g/mol. The van der Waals surface area contributed by atoms with E-state index in [0.717, 1.165) is 23.5 Å². The van der Waals surface area contributed by atoms with Gasteiger partial charge in [-0.1, -0.05) is 6.07 Å². The molecule has 4 nitrogen and oxygen atoms in total. The van der Waals surface area contributed by atoms with Crippen LogP contribution in [0.1, 0.15) is 19.4 Å². The van der Waals surface area contributed by atoms with E-state index in [1.165, 1.54) is 6.08 Å². The van der Waals surface area contributed by atoms with Crippen LogP contribution in [0.4, 0.5) is 5.69 Å². The fourth-order valence-corrected chi connectivity index (χ4v) is 1.50. The van der Waals surface area contributed by atoms with Crippen LogP contribution in [-0.4, -0.2) is 26.2 Å². The predicted molar refractivity (Wildman–Crippen MR) is 72.8 cm³/mol. The van der Waals surface area contributed by atoms with Gasteiger partial charge in [0.1, 0.15) is 5.75 Å². The molecule has 0 atom stereocenters. The fourth-order valence-electron chi connectivity index (χ4n) is 1.50. The minimum absolute atomic E-state index is 0.341. The maximum Gasteiger partial charge on any atom is 0.330 e. The number of nitrogens with one attached hydrogen (secondary N) is 1. The van der Waals surface area contributed by atoms with Gasteiger partial charge in [0.25, 0.3) is 0 Å². The molecular formula is C14H19NO3. The SMILES string of the molecule is CCNc1ccc(C=CC(=O)OCC)cc1OC. The van der Waals surface area contributed by atoms with Crippen molar-refractivity contribution in [2.24, 2.45) is 0 Å². The van der Waals surface area contributed by atoms with Crippen LogP contribution in [0.25, 0.3) is 6.08 Å². The Morgan fingerprint density at radius 1 is 1.39 bits per heavy atom. The van der Waals surface area contributed by atoms with E-state index >= 15 is 0 Å². The van der Waals surface area contributed by atoms with Crippen molar-refractivity contribution in [3.63, 3.8) is 0 Å². The molecule has 1 rings (SSSR count). The van der Waals surface area contributed by atoms with E-state index in [0.29, 0.717) is 6.61 Å². The van der Waals surface area contributed by atoms with Crippen molar-refractivity contribution in [1.82, 2.24) is 0 Å². The van der Waals surface area contributed by atoms with Crippen molar-refractivity contribution in [1.29, 1.82) is 0 Å². The highest BCUT2D eigenvalue weighted by molar-refractivity contribution is 5.87. The van der Waals surface area contributed by atoms with Crippen LogP contribution in [0.3, 0.4) is 0 Å². The van der Waals surface area contributed by atoms with Crippen LogP contribution in [-0.2, 0) is 9.53 Å². The molecule has 0 radical (unpaired) electrons. The van der Waals surface area contributed by atoms with Crippen LogP contribution in [0.5, 0.6) is 5.75 Å². The summed E-state index contributed by atoms with van der Waals surface area (Å²) in [5.74, 6) is 0.412. The average Bonchev–Trinajstić information content (AvgIpc) is 2.38. The van der Waals surface area contributed by atoms with Gasteiger partial charge in [0, 0.05) is 12.6 Å². The Morgan fingerprint density at radius 2 is 2.17 bits per heavy atom. The Kier molecular flexibility index (Phi) is 5.77. The second kappa shape index (κ2) is 7.37. The molecule has 0 saturated heterocycles. The zero-order chi connectivity index (χ0) is 13.4. The van der Waals surface area contributed by atoms with Gasteiger partial charge in [-0.05, 0) is 37.6 Å². The predicted octanol–water partition coefficient (Wildman–Crippen LogP) is 2.70. The summed E-state index contributed by atoms with van der Waals surface area (Å²) in [6, 6.07) is 5.71. The molecule has 1 N–H and O–H groups in total. The maximum absolute atomic E-state index is 11.2. The normalized spacial score (nSPS) is 10.4. The molecule has 0 fully saturated rings. The molecule has 98 valence electrons.